The van der Waals surface area contributed by atoms with Gasteiger partial charge in [0.15, 0.2) is 0 Å². The van der Waals surface area contributed by atoms with Gasteiger partial charge < -0.3 is 4.74 Å². The Morgan fingerprint density at radius 1 is 0.536 bits per heavy atom. The van der Waals surface area contributed by atoms with Gasteiger partial charge in [0.25, 0.3) is 5.67 Å². The van der Waals surface area contributed by atoms with E-state index in [2.05, 4.69) is 0 Å². The lowest BCUT2D eigenvalue weighted by Gasteiger charge is -2.39. The average molecular weight is 440 g/mol. The van der Waals surface area contributed by atoms with Gasteiger partial charge in [0.1, 0.15) is 0 Å². The monoisotopic (exact) mass is 440 g/mol. The van der Waals surface area contributed by atoms with Crippen LogP contribution in [0.5, 0.6) is 0 Å². The van der Waals surface area contributed by atoms with Crippen molar-refractivity contribution in [3.8, 4) is 0 Å². The van der Waals surface area contributed by atoms with Crippen molar-refractivity contribution >= 4 is 0 Å². The fourth-order valence-corrected chi connectivity index (χ4v) is 2.41. The number of unbranched alkanes of at least 4 members (excludes halogenated alkanes) is 5. The third kappa shape index (κ3) is 6.35. The molecule has 170 valence electrons. The second-order valence-electron chi connectivity index (χ2n) is 6.43. The molecule has 0 saturated heterocycles. The third-order valence-corrected chi connectivity index (χ3v) is 4.15. The fraction of sp³-hybridized carbons (Fsp3) is 1.00. The van der Waals surface area contributed by atoms with E-state index in [1.54, 1.807) is 0 Å². The van der Waals surface area contributed by atoms with Crippen LogP contribution in [-0.4, -0.2) is 43.1 Å². The maximum Gasteiger partial charge on any atom is 0.460 e. The molecule has 0 aliphatic rings. The summed E-state index contributed by atoms with van der Waals surface area (Å²) < 4.78 is 146. The van der Waals surface area contributed by atoms with Crippen molar-refractivity contribution in [1.82, 2.24) is 0 Å². The first-order chi connectivity index (χ1) is 12.6. The summed E-state index contributed by atoms with van der Waals surface area (Å²) in [5.74, 6) is -14.3. The van der Waals surface area contributed by atoms with E-state index < -0.39 is 49.3 Å². The Kier molecular flexibility index (Phi) is 9.99. The number of alkyl halides is 11. The summed E-state index contributed by atoms with van der Waals surface area (Å²) in [6, 6.07) is 0. The minimum Gasteiger partial charge on any atom is -0.381 e. The second kappa shape index (κ2) is 10.3. The molecule has 0 spiro atoms. The van der Waals surface area contributed by atoms with Gasteiger partial charge in [0.2, 0.25) is 0 Å². The van der Waals surface area contributed by atoms with Crippen LogP contribution in [0.15, 0.2) is 0 Å². The lowest BCUT2D eigenvalue weighted by atomic mass is 9.87. The molecule has 0 bridgehead atoms. The highest BCUT2D eigenvalue weighted by Crippen LogP contribution is 2.58. The predicted octanol–water partition coefficient (Wildman–Crippen LogP) is 7.25. The maximum absolute atomic E-state index is 13.9. The molecule has 0 N–H and O–H groups in total. The van der Waals surface area contributed by atoms with E-state index in [0.29, 0.717) is 6.42 Å². The molecule has 12 heteroatoms. The van der Waals surface area contributed by atoms with E-state index >= 15 is 0 Å². The van der Waals surface area contributed by atoms with Crippen molar-refractivity contribution < 1.29 is 53.0 Å². The largest absolute Gasteiger partial charge is 0.460 e. The van der Waals surface area contributed by atoms with Crippen LogP contribution in [0.3, 0.4) is 0 Å². The molecule has 0 heterocycles. The molecule has 0 aliphatic carbocycles. The van der Waals surface area contributed by atoms with Crippen LogP contribution in [0, 0.1) is 0 Å². The molecule has 0 aromatic rings. The molecule has 0 rings (SSSR count). The van der Waals surface area contributed by atoms with Gasteiger partial charge in [-0.2, -0.15) is 43.9 Å². The number of hydrogen-bond acceptors (Lipinski definition) is 1. The van der Waals surface area contributed by atoms with Crippen molar-refractivity contribution in [2.24, 2.45) is 0 Å². The first kappa shape index (κ1) is 27.2. The van der Waals surface area contributed by atoms with E-state index in [1.807, 2.05) is 6.92 Å². The van der Waals surface area contributed by atoms with Gasteiger partial charge in [0, 0.05) is 13.2 Å². The van der Waals surface area contributed by atoms with Crippen LogP contribution in [-0.2, 0) is 4.74 Å². The highest BCUT2D eigenvalue weighted by Gasteiger charge is 2.85. The van der Waals surface area contributed by atoms with Gasteiger partial charge >= 0.3 is 24.2 Å². The summed E-state index contributed by atoms with van der Waals surface area (Å²) >= 11 is 0. The average Bonchev–Trinajstić information content (AvgIpc) is 2.53. The molecular weight excluding hydrogens is 417 g/mol. The molecule has 0 aliphatic heterocycles. The number of ether oxygens (including phenoxy) is 1. The summed E-state index contributed by atoms with van der Waals surface area (Å²) in [6.07, 6.45) is -12.0. The Bertz CT molecular complexity index is 445. The number of rotatable bonds is 13. The summed E-state index contributed by atoms with van der Waals surface area (Å²) in [7, 11) is 0. The Morgan fingerprint density at radius 3 is 1.46 bits per heavy atom. The first-order valence-corrected chi connectivity index (χ1v) is 8.72. The highest BCUT2D eigenvalue weighted by atomic mass is 19.4. The van der Waals surface area contributed by atoms with Crippen molar-refractivity contribution in [2.45, 2.75) is 88.2 Å². The Balaban J connectivity index is 4.81. The van der Waals surface area contributed by atoms with E-state index in [-0.39, 0.29) is 6.61 Å². The van der Waals surface area contributed by atoms with Crippen molar-refractivity contribution in [3.63, 3.8) is 0 Å². The molecule has 0 aromatic carbocycles. The Hall–Kier alpha value is -0.810. The minimum absolute atomic E-state index is 0.0204. The summed E-state index contributed by atoms with van der Waals surface area (Å²) in [5, 5.41) is 0. The molecule has 0 aromatic heterocycles. The molecule has 0 fully saturated rings. The summed E-state index contributed by atoms with van der Waals surface area (Å²) in [4.78, 5) is 0. The molecule has 28 heavy (non-hydrogen) atoms. The Labute approximate surface area is 155 Å². The molecule has 1 atom stereocenters. The van der Waals surface area contributed by atoms with E-state index in [0.717, 1.165) is 32.1 Å². The lowest BCUT2D eigenvalue weighted by molar-refractivity contribution is -0.412. The van der Waals surface area contributed by atoms with E-state index in [4.69, 9.17) is 4.74 Å². The first-order valence-electron chi connectivity index (χ1n) is 8.72. The normalized spacial score (nSPS) is 16.3. The molecule has 0 amide bonds. The SMILES string of the molecule is CCCCCCCCOCCCC(F)(C(F)(F)F)C(F)(F)C(F)(F)C(F)(F)F. The third-order valence-electron chi connectivity index (χ3n) is 4.15. The zero-order chi connectivity index (χ0) is 22.3. The minimum atomic E-state index is -7.20. The van der Waals surface area contributed by atoms with Gasteiger partial charge in [0.05, 0.1) is 0 Å². The van der Waals surface area contributed by atoms with Crippen LogP contribution in [0.2, 0.25) is 0 Å². The number of hydrogen-bond donors (Lipinski definition) is 0. The molecule has 1 unspecified atom stereocenters. The van der Waals surface area contributed by atoms with Gasteiger partial charge in [-0.25, -0.2) is 4.39 Å². The van der Waals surface area contributed by atoms with Crippen LogP contribution < -0.4 is 0 Å². The van der Waals surface area contributed by atoms with Crippen LogP contribution in [0.4, 0.5) is 48.3 Å². The summed E-state index contributed by atoms with van der Waals surface area (Å²) in [6.45, 7) is 1.33. The maximum atomic E-state index is 13.9. The molecular formula is C16H23F11O. The van der Waals surface area contributed by atoms with E-state index in [1.165, 1.54) is 0 Å². The van der Waals surface area contributed by atoms with Gasteiger partial charge in [-0.1, -0.05) is 39.0 Å². The topological polar surface area (TPSA) is 9.23 Å². The standard InChI is InChI=1S/C16H23F11O/c1-2-3-4-5-6-7-10-28-11-8-9-12(17,15(22,23)24)13(18,19)14(20,21)16(25,26)27/h2-11H2,1H3. The van der Waals surface area contributed by atoms with Crippen molar-refractivity contribution in [2.75, 3.05) is 13.2 Å². The quantitative estimate of drug-likeness (QED) is 0.217. The molecule has 0 radical (unpaired) electrons. The molecule has 1 nitrogen and oxygen atoms in total. The van der Waals surface area contributed by atoms with Gasteiger partial charge in [-0.15, -0.1) is 0 Å². The smallest absolute Gasteiger partial charge is 0.381 e. The van der Waals surface area contributed by atoms with E-state index in [9.17, 15) is 48.3 Å². The Morgan fingerprint density at radius 2 is 1.00 bits per heavy atom. The summed E-state index contributed by atoms with van der Waals surface area (Å²) in [5.41, 5.74) is -6.07. The highest BCUT2D eigenvalue weighted by molar-refractivity contribution is 5.08. The fourth-order valence-electron chi connectivity index (χ4n) is 2.41. The zero-order valence-electron chi connectivity index (χ0n) is 15.1. The van der Waals surface area contributed by atoms with Gasteiger partial charge in [-0.05, 0) is 19.3 Å². The van der Waals surface area contributed by atoms with Crippen molar-refractivity contribution in [3.05, 3.63) is 0 Å². The molecule has 0 saturated carbocycles. The zero-order valence-corrected chi connectivity index (χ0v) is 15.1. The van der Waals surface area contributed by atoms with Gasteiger partial charge in [-0.3, -0.25) is 0 Å². The van der Waals surface area contributed by atoms with Crippen LogP contribution >= 0.6 is 0 Å². The number of halogens is 11. The second-order valence-corrected chi connectivity index (χ2v) is 6.43. The predicted molar refractivity (Wildman–Crippen MR) is 79.3 cm³/mol. The van der Waals surface area contributed by atoms with Crippen LogP contribution in [0.25, 0.3) is 0 Å². The lowest BCUT2D eigenvalue weighted by Crippen LogP contribution is -2.67. The van der Waals surface area contributed by atoms with Crippen LogP contribution in [0.1, 0.15) is 58.3 Å². The van der Waals surface area contributed by atoms with Crippen molar-refractivity contribution in [1.29, 1.82) is 0 Å².